The van der Waals surface area contributed by atoms with E-state index in [-0.39, 0.29) is 25.3 Å². The van der Waals surface area contributed by atoms with Crippen LogP contribution in [0.1, 0.15) is 49.7 Å². The minimum atomic E-state index is -0.947. The lowest BCUT2D eigenvalue weighted by Crippen LogP contribution is -2.50. The molecule has 0 saturated carbocycles. The molecule has 0 unspecified atom stereocenters. The number of hydrogen-bond acceptors (Lipinski definition) is 8. The van der Waals surface area contributed by atoms with Crippen molar-refractivity contribution < 1.29 is 33.7 Å². The van der Waals surface area contributed by atoms with Crippen molar-refractivity contribution in [3.05, 3.63) is 47.5 Å². The zero-order valence-corrected chi connectivity index (χ0v) is 26.4. The molecule has 2 aromatic rings. The molecule has 3 atom stereocenters. The standard InChI is InChI=1S/C33H45N5O7/c1-4-5-13-38(24-9-6-8-22(15-24)18-34)29(39)20-37-19-25(23-16-27(43-3)31-28(17-23)44-21-45-31)30(32(40)41)26(37)10-14-36-12-7-11-35(2)33(36)42/h6,8-9,15-17,25-26,30H,4-5,7,10-14,18-21,34H2,1-3H3,(H,40,41)/t25-,26+,30-/m1/s1. The number of rotatable bonds is 13. The SMILES string of the molecule is CCCCN(C(=O)CN1C[C@H](c2cc(OC)c3c(c2)OCO3)[C@@H](C(=O)O)[C@@H]1CCN1CCCN(C)C1=O)c1cccc(CN)c1. The van der Waals surface area contributed by atoms with Gasteiger partial charge >= 0.3 is 12.0 Å². The highest BCUT2D eigenvalue weighted by Crippen LogP contribution is 2.47. The zero-order valence-electron chi connectivity index (χ0n) is 26.4. The van der Waals surface area contributed by atoms with Crippen LogP contribution in [-0.4, -0.2) is 104 Å². The van der Waals surface area contributed by atoms with E-state index >= 15 is 0 Å². The number of nitrogens with two attached hydrogens (primary N) is 1. The van der Waals surface area contributed by atoms with Crippen molar-refractivity contribution >= 4 is 23.6 Å². The molecule has 244 valence electrons. The lowest BCUT2D eigenvalue weighted by molar-refractivity contribution is -0.143. The summed E-state index contributed by atoms with van der Waals surface area (Å²) < 4.78 is 16.8. The van der Waals surface area contributed by atoms with Gasteiger partial charge in [-0.1, -0.05) is 25.5 Å². The number of hydrogen-bond donors (Lipinski definition) is 2. The van der Waals surface area contributed by atoms with Crippen molar-refractivity contribution in [3.8, 4) is 17.2 Å². The number of anilines is 1. The number of ether oxygens (including phenoxy) is 3. The Bertz CT molecular complexity index is 1390. The second-order valence-corrected chi connectivity index (χ2v) is 12.0. The minimum absolute atomic E-state index is 0.0387. The molecule has 12 heteroatoms. The Kier molecular flexibility index (Phi) is 10.3. The summed E-state index contributed by atoms with van der Waals surface area (Å²) in [5.41, 5.74) is 8.36. The number of methoxy groups -OCH3 is 1. The third-order valence-corrected chi connectivity index (χ3v) is 9.19. The first-order chi connectivity index (χ1) is 21.7. The van der Waals surface area contributed by atoms with Gasteiger partial charge in [0.1, 0.15) is 0 Å². The first-order valence-corrected chi connectivity index (χ1v) is 15.8. The van der Waals surface area contributed by atoms with Crippen LogP contribution >= 0.6 is 0 Å². The van der Waals surface area contributed by atoms with Gasteiger partial charge in [-0.05, 0) is 54.7 Å². The number of unbranched alkanes of at least 4 members (excludes halogenated alkanes) is 1. The molecule has 0 bridgehead atoms. The molecule has 3 amide bonds. The molecule has 2 saturated heterocycles. The second-order valence-electron chi connectivity index (χ2n) is 12.0. The molecule has 45 heavy (non-hydrogen) atoms. The van der Waals surface area contributed by atoms with Crippen molar-refractivity contribution in [2.24, 2.45) is 11.7 Å². The summed E-state index contributed by atoms with van der Waals surface area (Å²) in [4.78, 5) is 47.3. The molecular formula is C33H45N5O7. The fourth-order valence-electron chi connectivity index (χ4n) is 6.81. The van der Waals surface area contributed by atoms with Gasteiger partial charge in [-0.15, -0.1) is 0 Å². The number of carboxylic acids is 1. The fourth-order valence-corrected chi connectivity index (χ4v) is 6.81. The van der Waals surface area contributed by atoms with Gasteiger partial charge < -0.3 is 39.8 Å². The number of fused-ring (bicyclic) bond motifs is 1. The number of amides is 3. The van der Waals surface area contributed by atoms with Gasteiger partial charge in [0.25, 0.3) is 0 Å². The normalized spacial score (nSPS) is 21.3. The Morgan fingerprint density at radius 3 is 2.73 bits per heavy atom. The van der Waals surface area contributed by atoms with Crippen LogP contribution in [-0.2, 0) is 16.1 Å². The molecule has 2 aromatic carbocycles. The first kappa shape index (κ1) is 32.4. The summed E-state index contributed by atoms with van der Waals surface area (Å²) in [7, 11) is 3.32. The molecule has 12 nitrogen and oxygen atoms in total. The molecule has 5 rings (SSSR count). The molecule has 2 fully saturated rings. The summed E-state index contributed by atoms with van der Waals surface area (Å²) in [6.07, 6.45) is 3.01. The van der Waals surface area contributed by atoms with Crippen molar-refractivity contribution in [3.63, 3.8) is 0 Å². The van der Waals surface area contributed by atoms with Gasteiger partial charge in [-0.25, -0.2) is 4.79 Å². The predicted molar refractivity (Wildman–Crippen MR) is 169 cm³/mol. The van der Waals surface area contributed by atoms with Crippen LogP contribution in [0.5, 0.6) is 17.2 Å². The van der Waals surface area contributed by atoms with E-state index in [9.17, 15) is 19.5 Å². The molecular weight excluding hydrogens is 578 g/mol. The van der Waals surface area contributed by atoms with E-state index < -0.39 is 23.8 Å². The maximum Gasteiger partial charge on any atom is 0.319 e. The Morgan fingerprint density at radius 2 is 2.00 bits per heavy atom. The topological polar surface area (TPSA) is 138 Å². The number of benzene rings is 2. The van der Waals surface area contributed by atoms with Gasteiger partial charge in [-0.2, -0.15) is 0 Å². The van der Waals surface area contributed by atoms with Crippen molar-refractivity contribution in [2.45, 2.75) is 51.1 Å². The maximum atomic E-state index is 14.1. The number of urea groups is 1. The van der Waals surface area contributed by atoms with Gasteiger partial charge in [0, 0.05) is 64.0 Å². The Balaban J connectivity index is 1.46. The predicted octanol–water partition coefficient (Wildman–Crippen LogP) is 3.33. The first-order valence-electron chi connectivity index (χ1n) is 15.8. The molecule has 3 aliphatic heterocycles. The largest absolute Gasteiger partial charge is 0.493 e. The highest BCUT2D eigenvalue weighted by atomic mass is 16.7. The molecule has 3 heterocycles. The highest BCUT2D eigenvalue weighted by Gasteiger charge is 2.48. The zero-order chi connectivity index (χ0) is 32.1. The molecule has 3 N–H and O–H groups in total. The number of carboxylic acid groups (broad SMARTS) is 1. The van der Waals surface area contributed by atoms with Crippen molar-refractivity contribution in [1.29, 1.82) is 0 Å². The van der Waals surface area contributed by atoms with Crippen LogP contribution < -0.4 is 24.8 Å². The van der Waals surface area contributed by atoms with Gasteiger partial charge in [0.2, 0.25) is 18.4 Å². The monoisotopic (exact) mass is 623 g/mol. The molecule has 3 aliphatic rings. The Hall–Kier alpha value is -4.03. The van der Waals surface area contributed by atoms with E-state index in [0.717, 1.165) is 36.1 Å². The van der Waals surface area contributed by atoms with E-state index in [1.54, 1.807) is 21.7 Å². The number of nitrogens with zero attached hydrogens (tertiary/aromatic N) is 4. The van der Waals surface area contributed by atoms with Crippen LogP contribution in [0.3, 0.4) is 0 Å². The molecule has 0 spiro atoms. The average molecular weight is 624 g/mol. The van der Waals surface area contributed by atoms with Crippen molar-refractivity contribution in [2.75, 3.05) is 65.1 Å². The van der Waals surface area contributed by atoms with E-state index in [4.69, 9.17) is 19.9 Å². The Labute approximate surface area is 264 Å². The van der Waals surface area contributed by atoms with Crippen LogP contribution in [0.25, 0.3) is 0 Å². The van der Waals surface area contributed by atoms with Crippen LogP contribution in [0.15, 0.2) is 36.4 Å². The summed E-state index contributed by atoms with van der Waals surface area (Å²) in [5, 5.41) is 10.7. The summed E-state index contributed by atoms with van der Waals surface area (Å²) in [6.45, 7) is 5.15. The minimum Gasteiger partial charge on any atom is -0.493 e. The van der Waals surface area contributed by atoms with Crippen LogP contribution in [0.2, 0.25) is 0 Å². The maximum absolute atomic E-state index is 14.1. The number of carbonyl (C=O) groups is 3. The van der Waals surface area contributed by atoms with Crippen LogP contribution in [0, 0.1) is 5.92 Å². The number of aliphatic carboxylic acids is 1. The average Bonchev–Trinajstić information content (AvgIpc) is 3.66. The molecule has 0 aromatic heterocycles. The smallest absolute Gasteiger partial charge is 0.319 e. The van der Waals surface area contributed by atoms with E-state index in [2.05, 4.69) is 6.92 Å². The number of carbonyl (C=O) groups excluding carboxylic acids is 2. The summed E-state index contributed by atoms with van der Waals surface area (Å²) >= 11 is 0. The lowest BCUT2D eigenvalue weighted by Gasteiger charge is -2.35. The van der Waals surface area contributed by atoms with E-state index in [1.807, 2.05) is 41.3 Å². The second kappa shape index (κ2) is 14.4. The lowest BCUT2D eigenvalue weighted by atomic mass is 9.84. The highest BCUT2D eigenvalue weighted by molar-refractivity contribution is 5.95. The van der Waals surface area contributed by atoms with Crippen LogP contribution in [0.4, 0.5) is 10.5 Å². The van der Waals surface area contributed by atoms with E-state index in [1.165, 1.54) is 7.11 Å². The quantitative estimate of drug-likeness (QED) is 0.344. The third-order valence-electron chi connectivity index (χ3n) is 9.19. The summed E-state index contributed by atoms with van der Waals surface area (Å²) in [6, 6.07) is 10.8. The van der Waals surface area contributed by atoms with E-state index in [0.29, 0.717) is 62.9 Å². The number of likely N-dealkylation sites (tertiary alicyclic amines) is 1. The third kappa shape index (κ3) is 6.96. The summed E-state index contributed by atoms with van der Waals surface area (Å²) in [5.74, 6) is -0.858. The van der Waals surface area contributed by atoms with Crippen molar-refractivity contribution in [1.82, 2.24) is 14.7 Å². The van der Waals surface area contributed by atoms with Gasteiger partial charge in [-0.3, -0.25) is 14.5 Å². The van der Waals surface area contributed by atoms with Gasteiger partial charge in [0.05, 0.1) is 19.6 Å². The molecule has 0 radical (unpaired) electrons. The van der Waals surface area contributed by atoms with Gasteiger partial charge in [0.15, 0.2) is 11.5 Å². The fraction of sp³-hybridized carbons (Fsp3) is 0.545. The Morgan fingerprint density at radius 1 is 1.18 bits per heavy atom. The molecule has 0 aliphatic carbocycles.